The van der Waals surface area contributed by atoms with E-state index in [1.807, 2.05) is 13.0 Å². The van der Waals surface area contributed by atoms with Crippen LogP contribution in [0.3, 0.4) is 0 Å². The molecule has 110 valence electrons. The molecule has 5 heteroatoms. The number of rotatable bonds is 5. The van der Waals surface area contributed by atoms with E-state index in [9.17, 15) is 9.18 Å². The van der Waals surface area contributed by atoms with Gasteiger partial charge in [-0.1, -0.05) is 0 Å². The average Bonchev–Trinajstić information content (AvgIpc) is 2.48. The molecule has 1 aromatic carbocycles. The molecule has 1 aromatic heterocycles. The molecule has 0 aliphatic carbocycles. The van der Waals surface area contributed by atoms with Crippen LogP contribution in [0.15, 0.2) is 42.7 Å². The van der Waals surface area contributed by atoms with Crippen LogP contribution in [0.5, 0.6) is 0 Å². The molecule has 0 amide bonds. The number of nitrogens with zero attached hydrogens (tertiary/aromatic N) is 1. The van der Waals surface area contributed by atoms with E-state index in [-0.39, 0.29) is 5.82 Å². The molecular formula is C16H17FN2O2. The van der Waals surface area contributed by atoms with E-state index < -0.39 is 12.0 Å². The molecule has 1 unspecified atom stereocenters. The first kappa shape index (κ1) is 15.0. The van der Waals surface area contributed by atoms with Gasteiger partial charge in [0.25, 0.3) is 0 Å². The van der Waals surface area contributed by atoms with Crippen LogP contribution in [0.25, 0.3) is 0 Å². The molecule has 0 bridgehead atoms. The molecular weight excluding hydrogens is 271 g/mol. The van der Waals surface area contributed by atoms with E-state index >= 15 is 0 Å². The van der Waals surface area contributed by atoms with Gasteiger partial charge in [-0.3, -0.25) is 4.98 Å². The van der Waals surface area contributed by atoms with Crippen molar-refractivity contribution >= 4 is 11.7 Å². The molecule has 0 spiro atoms. The number of anilines is 1. The predicted molar refractivity (Wildman–Crippen MR) is 78.4 cm³/mol. The van der Waals surface area contributed by atoms with Crippen LogP contribution in [0.2, 0.25) is 0 Å². The quantitative estimate of drug-likeness (QED) is 0.858. The zero-order valence-electron chi connectivity index (χ0n) is 12.0. The first-order valence-corrected chi connectivity index (χ1v) is 6.71. The Balaban J connectivity index is 2.30. The van der Waals surface area contributed by atoms with Gasteiger partial charge in [-0.25, -0.2) is 9.18 Å². The standard InChI is InChI=1S/C16H17FN2O2/c1-3-21-16(20)15(14-10-18-9-8-11(14)2)19-13-6-4-12(17)5-7-13/h4-10,15,19H,3H2,1-2H3. The van der Waals surface area contributed by atoms with Gasteiger partial charge in [0.15, 0.2) is 6.04 Å². The Morgan fingerprint density at radius 1 is 1.33 bits per heavy atom. The number of halogens is 1. The largest absolute Gasteiger partial charge is 0.464 e. The van der Waals surface area contributed by atoms with Crippen molar-refractivity contribution in [3.8, 4) is 0 Å². The minimum atomic E-state index is -0.677. The Labute approximate surface area is 123 Å². The topological polar surface area (TPSA) is 51.2 Å². The van der Waals surface area contributed by atoms with Crippen LogP contribution in [0.4, 0.5) is 10.1 Å². The molecule has 1 heterocycles. The molecule has 0 radical (unpaired) electrons. The molecule has 0 saturated heterocycles. The van der Waals surface area contributed by atoms with Gasteiger partial charge in [0.1, 0.15) is 5.82 Å². The van der Waals surface area contributed by atoms with Gasteiger partial charge < -0.3 is 10.1 Å². The summed E-state index contributed by atoms with van der Waals surface area (Å²) in [6.45, 7) is 3.94. The highest BCUT2D eigenvalue weighted by Gasteiger charge is 2.23. The van der Waals surface area contributed by atoms with Crippen LogP contribution in [0, 0.1) is 12.7 Å². The number of nitrogens with one attached hydrogen (secondary N) is 1. The molecule has 0 saturated carbocycles. The number of benzene rings is 1. The summed E-state index contributed by atoms with van der Waals surface area (Å²) in [7, 11) is 0. The van der Waals surface area contributed by atoms with Crippen LogP contribution in [-0.2, 0) is 9.53 Å². The second-order valence-electron chi connectivity index (χ2n) is 4.57. The van der Waals surface area contributed by atoms with Crippen LogP contribution in [0.1, 0.15) is 24.1 Å². The molecule has 0 aliphatic rings. The average molecular weight is 288 g/mol. The summed E-state index contributed by atoms with van der Waals surface area (Å²) in [6, 6.07) is 6.97. The number of carbonyl (C=O) groups is 1. The molecule has 1 atom stereocenters. The molecule has 1 N–H and O–H groups in total. The lowest BCUT2D eigenvalue weighted by atomic mass is 10.0. The fraction of sp³-hybridized carbons (Fsp3) is 0.250. The number of esters is 1. The number of carbonyl (C=O) groups excluding carboxylic acids is 1. The zero-order chi connectivity index (χ0) is 15.2. The fourth-order valence-corrected chi connectivity index (χ4v) is 1.98. The van der Waals surface area contributed by atoms with Gasteiger partial charge in [0.05, 0.1) is 6.61 Å². The van der Waals surface area contributed by atoms with Gasteiger partial charge in [-0.2, -0.15) is 0 Å². The smallest absolute Gasteiger partial charge is 0.333 e. The van der Waals surface area contributed by atoms with Crippen LogP contribution in [-0.4, -0.2) is 17.6 Å². The van der Waals surface area contributed by atoms with E-state index in [1.165, 1.54) is 12.1 Å². The molecule has 2 aromatic rings. The SMILES string of the molecule is CCOC(=O)C(Nc1ccc(F)cc1)c1cnccc1C. The third kappa shape index (κ3) is 3.78. The highest BCUT2D eigenvalue weighted by atomic mass is 19.1. The van der Waals surface area contributed by atoms with E-state index in [4.69, 9.17) is 4.74 Å². The summed E-state index contributed by atoms with van der Waals surface area (Å²) in [6.07, 6.45) is 3.30. The maximum atomic E-state index is 13.0. The number of ether oxygens (including phenoxy) is 1. The van der Waals surface area contributed by atoms with Gasteiger partial charge in [0, 0.05) is 23.6 Å². The Bertz CT molecular complexity index is 614. The van der Waals surface area contributed by atoms with Crippen molar-refractivity contribution in [1.29, 1.82) is 0 Å². The monoisotopic (exact) mass is 288 g/mol. The van der Waals surface area contributed by atoms with E-state index in [1.54, 1.807) is 31.5 Å². The van der Waals surface area contributed by atoms with Crippen molar-refractivity contribution in [2.75, 3.05) is 11.9 Å². The second-order valence-corrected chi connectivity index (χ2v) is 4.57. The van der Waals surface area contributed by atoms with E-state index in [0.717, 1.165) is 11.1 Å². The summed E-state index contributed by atoms with van der Waals surface area (Å²) in [5.74, 6) is -0.719. The second kappa shape index (κ2) is 6.83. The third-order valence-electron chi connectivity index (χ3n) is 3.07. The Hall–Kier alpha value is -2.43. The molecule has 0 aliphatic heterocycles. The summed E-state index contributed by atoms with van der Waals surface area (Å²) >= 11 is 0. The van der Waals surface area contributed by atoms with Crippen LogP contribution >= 0.6 is 0 Å². The maximum absolute atomic E-state index is 13.0. The summed E-state index contributed by atoms with van der Waals surface area (Å²) in [4.78, 5) is 16.2. The Morgan fingerprint density at radius 3 is 2.67 bits per heavy atom. The van der Waals surface area contributed by atoms with Crippen molar-refractivity contribution in [3.05, 3.63) is 59.7 Å². The van der Waals surface area contributed by atoms with Crippen molar-refractivity contribution in [2.24, 2.45) is 0 Å². The lowest BCUT2D eigenvalue weighted by molar-refractivity contribution is -0.144. The van der Waals surface area contributed by atoms with Crippen molar-refractivity contribution in [2.45, 2.75) is 19.9 Å². The highest BCUT2D eigenvalue weighted by Crippen LogP contribution is 2.23. The van der Waals surface area contributed by atoms with Gasteiger partial charge >= 0.3 is 5.97 Å². The van der Waals surface area contributed by atoms with E-state index in [0.29, 0.717) is 12.3 Å². The number of pyridine rings is 1. The van der Waals surface area contributed by atoms with Crippen molar-refractivity contribution in [1.82, 2.24) is 4.98 Å². The first-order chi connectivity index (χ1) is 10.1. The summed E-state index contributed by atoms with van der Waals surface area (Å²) < 4.78 is 18.1. The number of hydrogen-bond acceptors (Lipinski definition) is 4. The van der Waals surface area contributed by atoms with Gasteiger partial charge in [-0.05, 0) is 49.7 Å². The third-order valence-corrected chi connectivity index (χ3v) is 3.07. The number of hydrogen-bond donors (Lipinski definition) is 1. The van der Waals surface area contributed by atoms with Crippen LogP contribution < -0.4 is 5.32 Å². The minimum absolute atomic E-state index is 0.291. The van der Waals surface area contributed by atoms with Crippen molar-refractivity contribution in [3.63, 3.8) is 0 Å². The number of aromatic nitrogens is 1. The molecule has 0 fully saturated rings. The fourth-order valence-electron chi connectivity index (χ4n) is 1.98. The lowest BCUT2D eigenvalue weighted by Crippen LogP contribution is -2.24. The maximum Gasteiger partial charge on any atom is 0.333 e. The van der Waals surface area contributed by atoms with E-state index in [2.05, 4.69) is 10.3 Å². The lowest BCUT2D eigenvalue weighted by Gasteiger charge is -2.20. The number of aryl methyl sites for hydroxylation is 1. The first-order valence-electron chi connectivity index (χ1n) is 6.71. The van der Waals surface area contributed by atoms with Gasteiger partial charge in [-0.15, -0.1) is 0 Å². The normalized spacial score (nSPS) is 11.8. The summed E-state index contributed by atoms with van der Waals surface area (Å²) in [5.41, 5.74) is 2.30. The van der Waals surface area contributed by atoms with Crippen molar-refractivity contribution < 1.29 is 13.9 Å². The zero-order valence-corrected chi connectivity index (χ0v) is 12.0. The summed E-state index contributed by atoms with van der Waals surface area (Å²) in [5, 5.41) is 3.07. The Kier molecular flexibility index (Phi) is 4.87. The van der Waals surface area contributed by atoms with Gasteiger partial charge in [0.2, 0.25) is 0 Å². The Morgan fingerprint density at radius 2 is 2.05 bits per heavy atom. The highest BCUT2D eigenvalue weighted by molar-refractivity contribution is 5.81. The predicted octanol–water partition coefficient (Wildman–Crippen LogP) is 3.25. The molecule has 2 rings (SSSR count). The molecule has 4 nitrogen and oxygen atoms in total. The molecule has 21 heavy (non-hydrogen) atoms. The minimum Gasteiger partial charge on any atom is -0.464 e.